The number of fused-ring (bicyclic) bond motifs is 1. The molecule has 0 aromatic carbocycles. The third-order valence-electron chi connectivity index (χ3n) is 5.18. The van der Waals surface area contributed by atoms with E-state index >= 15 is 0 Å². The third kappa shape index (κ3) is 1.91. The maximum Gasteiger partial charge on any atom is 0.157 e. The van der Waals surface area contributed by atoms with Crippen molar-refractivity contribution in [2.75, 3.05) is 0 Å². The Balaban J connectivity index is 2.13. The molecular weight excluding hydrogens is 200 g/mol. The van der Waals surface area contributed by atoms with Crippen molar-refractivity contribution in [3.05, 3.63) is 0 Å². The second kappa shape index (κ2) is 5.05. The number of hydrogen-bond donors (Lipinski definition) is 2. The van der Waals surface area contributed by atoms with Crippen molar-refractivity contribution < 1.29 is 10.2 Å². The molecule has 2 N–H and O–H groups in total. The van der Waals surface area contributed by atoms with E-state index in [1.54, 1.807) is 0 Å². The summed E-state index contributed by atoms with van der Waals surface area (Å²) < 4.78 is 0. The lowest BCUT2D eigenvalue weighted by atomic mass is 9.62. The summed E-state index contributed by atoms with van der Waals surface area (Å²) in [5.41, 5.74) is -0.132. The Hall–Kier alpha value is -0.0800. The van der Waals surface area contributed by atoms with Crippen LogP contribution in [0.3, 0.4) is 0 Å². The summed E-state index contributed by atoms with van der Waals surface area (Å²) in [6.45, 7) is 2.22. The molecule has 0 saturated heterocycles. The first-order valence-electron chi connectivity index (χ1n) is 7.08. The quantitative estimate of drug-likeness (QED) is 0.723. The van der Waals surface area contributed by atoms with Gasteiger partial charge in [-0.3, -0.25) is 0 Å². The van der Waals surface area contributed by atoms with Gasteiger partial charge in [0.15, 0.2) is 6.29 Å². The van der Waals surface area contributed by atoms with Gasteiger partial charge < -0.3 is 10.2 Å². The number of hydrogen-bond acceptors (Lipinski definition) is 2. The van der Waals surface area contributed by atoms with Gasteiger partial charge in [0, 0.05) is 5.41 Å². The maximum absolute atomic E-state index is 9.86. The van der Waals surface area contributed by atoms with Crippen molar-refractivity contribution in [1.82, 2.24) is 0 Å². The predicted molar refractivity (Wildman–Crippen MR) is 64.9 cm³/mol. The summed E-state index contributed by atoms with van der Waals surface area (Å²) in [7, 11) is 0. The molecule has 2 aliphatic rings. The van der Waals surface area contributed by atoms with Gasteiger partial charge in [-0.2, -0.15) is 0 Å². The van der Waals surface area contributed by atoms with Crippen molar-refractivity contribution in [2.45, 2.75) is 71.0 Å². The molecule has 0 aromatic rings. The molecule has 0 heterocycles. The maximum atomic E-state index is 9.86. The summed E-state index contributed by atoms with van der Waals surface area (Å²) in [5, 5.41) is 19.7. The summed E-state index contributed by atoms with van der Waals surface area (Å²) in [6, 6.07) is 0. The summed E-state index contributed by atoms with van der Waals surface area (Å²) in [6.07, 6.45) is 9.78. The lowest BCUT2D eigenvalue weighted by Gasteiger charge is -2.45. The van der Waals surface area contributed by atoms with Crippen LogP contribution in [0.4, 0.5) is 0 Å². The van der Waals surface area contributed by atoms with Crippen LogP contribution in [0.1, 0.15) is 64.7 Å². The van der Waals surface area contributed by atoms with Gasteiger partial charge in [0.05, 0.1) is 0 Å². The predicted octanol–water partition coefficient (Wildman–Crippen LogP) is 3.07. The SMILES string of the molecule is CCCCC1CCC2CCCCC12C(O)O. The van der Waals surface area contributed by atoms with Gasteiger partial charge in [0.25, 0.3) is 0 Å². The minimum absolute atomic E-state index is 0.132. The lowest BCUT2D eigenvalue weighted by molar-refractivity contribution is -0.181. The average Bonchev–Trinajstić information content (AvgIpc) is 2.66. The van der Waals surface area contributed by atoms with Crippen molar-refractivity contribution in [3.8, 4) is 0 Å². The average molecular weight is 226 g/mol. The normalized spacial score (nSPS) is 39.0. The van der Waals surface area contributed by atoms with Crippen molar-refractivity contribution >= 4 is 0 Å². The molecular formula is C14H26O2. The van der Waals surface area contributed by atoms with Crippen LogP contribution in [0.5, 0.6) is 0 Å². The molecule has 0 aromatic heterocycles. The first kappa shape index (κ1) is 12.4. The van der Waals surface area contributed by atoms with Crippen molar-refractivity contribution in [1.29, 1.82) is 0 Å². The molecule has 2 nitrogen and oxygen atoms in total. The number of aliphatic hydroxyl groups excluding tert-OH is 1. The molecule has 0 bridgehead atoms. The van der Waals surface area contributed by atoms with Crippen LogP contribution < -0.4 is 0 Å². The van der Waals surface area contributed by atoms with E-state index in [1.807, 2.05) is 0 Å². The zero-order valence-corrected chi connectivity index (χ0v) is 10.5. The topological polar surface area (TPSA) is 40.5 Å². The van der Waals surface area contributed by atoms with Crippen LogP contribution in [-0.4, -0.2) is 16.5 Å². The molecule has 2 fully saturated rings. The van der Waals surface area contributed by atoms with Gasteiger partial charge in [0.1, 0.15) is 0 Å². The fourth-order valence-corrected chi connectivity index (χ4v) is 4.33. The molecule has 0 radical (unpaired) electrons. The Morgan fingerprint density at radius 2 is 2.00 bits per heavy atom. The minimum atomic E-state index is -1.08. The molecule has 0 spiro atoms. The number of unbranched alkanes of at least 4 members (excludes halogenated alkanes) is 1. The molecule has 94 valence electrons. The smallest absolute Gasteiger partial charge is 0.157 e. The molecule has 0 aliphatic heterocycles. The van der Waals surface area contributed by atoms with E-state index in [2.05, 4.69) is 6.92 Å². The first-order valence-corrected chi connectivity index (χ1v) is 7.08. The highest BCUT2D eigenvalue weighted by Gasteiger charge is 2.54. The Kier molecular flexibility index (Phi) is 3.91. The van der Waals surface area contributed by atoms with E-state index in [1.165, 1.54) is 51.4 Å². The van der Waals surface area contributed by atoms with Crippen molar-refractivity contribution in [2.24, 2.45) is 17.3 Å². The summed E-state index contributed by atoms with van der Waals surface area (Å²) >= 11 is 0. The standard InChI is InChI=1S/C14H26O2/c1-2-3-6-11-8-9-12-7-4-5-10-14(11,12)13(15)16/h11-13,15-16H,2-10H2,1H3. The lowest BCUT2D eigenvalue weighted by Crippen LogP contribution is -2.45. The monoisotopic (exact) mass is 226 g/mol. The molecule has 2 saturated carbocycles. The summed E-state index contributed by atoms with van der Waals surface area (Å²) in [5.74, 6) is 1.15. The second-order valence-electron chi connectivity index (χ2n) is 5.85. The Bertz CT molecular complexity index is 227. The fraction of sp³-hybridized carbons (Fsp3) is 1.00. The largest absolute Gasteiger partial charge is 0.368 e. The van der Waals surface area contributed by atoms with Crippen LogP contribution in [-0.2, 0) is 0 Å². The molecule has 2 heteroatoms. The van der Waals surface area contributed by atoms with Gasteiger partial charge in [0.2, 0.25) is 0 Å². The Labute approximate surface area is 99.1 Å². The molecule has 0 amide bonds. The highest BCUT2D eigenvalue weighted by Crippen LogP contribution is 2.58. The van der Waals surface area contributed by atoms with Gasteiger partial charge >= 0.3 is 0 Å². The van der Waals surface area contributed by atoms with Crippen LogP contribution in [0.25, 0.3) is 0 Å². The van der Waals surface area contributed by atoms with Crippen LogP contribution >= 0.6 is 0 Å². The minimum Gasteiger partial charge on any atom is -0.368 e. The number of rotatable bonds is 4. The highest BCUT2D eigenvalue weighted by atomic mass is 16.5. The zero-order valence-electron chi connectivity index (χ0n) is 10.5. The van der Waals surface area contributed by atoms with Gasteiger partial charge in [-0.05, 0) is 43.9 Å². The number of aliphatic hydroxyl groups is 2. The fourth-order valence-electron chi connectivity index (χ4n) is 4.33. The first-order chi connectivity index (χ1) is 7.71. The third-order valence-corrected chi connectivity index (χ3v) is 5.18. The van der Waals surface area contributed by atoms with Crippen molar-refractivity contribution in [3.63, 3.8) is 0 Å². The van der Waals surface area contributed by atoms with E-state index in [0.717, 1.165) is 6.42 Å². The van der Waals surface area contributed by atoms with Gasteiger partial charge in [-0.1, -0.05) is 32.6 Å². The summed E-state index contributed by atoms with van der Waals surface area (Å²) in [4.78, 5) is 0. The molecule has 3 unspecified atom stereocenters. The highest BCUT2D eigenvalue weighted by molar-refractivity contribution is 5.01. The van der Waals surface area contributed by atoms with E-state index in [-0.39, 0.29) is 5.41 Å². The van der Waals surface area contributed by atoms with E-state index in [9.17, 15) is 10.2 Å². The van der Waals surface area contributed by atoms with Crippen LogP contribution in [0, 0.1) is 17.3 Å². The van der Waals surface area contributed by atoms with E-state index in [4.69, 9.17) is 0 Å². The molecule has 3 atom stereocenters. The zero-order chi connectivity index (χ0) is 11.6. The molecule has 16 heavy (non-hydrogen) atoms. The Morgan fingerprint density at radius 1 is 1.19 bits per heavy atom. The van der Waals surface area contributed by atoms with Crippen LogP contribution in [0.15, 0.2) is 0 Å². The van der Waals surface area contributed by atoms with Crippen LogP contribution in [0.2, 0.25) is 0 Å². The Morgan fingerprint density at radius 3 is 2.69 bits per heavy atom. The van der Waals surface area contributed by atoms with E-state index in [0.29, 0.717) is 11.8 Å². The molecule has 2 rings (SSSR count). The van der Waals surface area contributed by atoms with Gasteiger partial charge in [-0.25, -0.2) is 0 Å². The van der Waals surface area contributed by atoms with E-state index < -0.39 is 6.29 Å². The molecule has 2 aliphatic carbocycles. The van der Waals surface area contributed by atoms with Gasteiger partial charge in [-0.15, -0.1) is 0 Å². The second-order valence-corrected chi connectivity index (χ2v) is 5.85.